The molecule has 0 amide bonds. The van der Waals surface area contributed by atoms with E-state index in [9.17, 15) is 0 Å². The van der Waals surface area contributed by atoms with Gasteiger partial charge < -0.3 is 15.8 Å². The molecule has 1 atom stereocenters. The molecule has 1 aromatic rings. The second-order valence-corrected chi connectivity index (χ2v) is 4.97. The van der Waals surface area contributed by atoms with Gasteiger partial charge in [-0.3, -0.25) is 0 Å². The molecule has 1 aliphatic heterocycles. The van der Waals surface area contributed by atoms with Gasteiger partial charge in [0.1, 0.15) is 5.00 Å². The van der Waals surface area contributed by atoms with E-state index in [2.05, 4.69) is 17.2 Å². The molecule has 3 N–H and O–H groups in total. The maximum Gasteiger partial charge on any atom is 0.185 e. The Balaban J connectivity index is 2.01. The smallest absolute Gasteiger partial charge is 0.185 e. The molecule has 1 aliphatic rings. The number of nitrogens with one attached hydrogen (secondary N) is 1. The zero-order valence-electron chi connectivity index (χ0n) is 8.25. The van der Waals surface area contributed by atoms with E-state index in [4.69, 9.17) is 10.5 Å². The summed E-state index contributed by atoms with van der Waals surface area (Å²) in [6.45, 7) is 3.77. The maximum absolute atomic E-state index is 5.61. The second-order valence-electron chi connectivity index (χ2n) is 3.91. The molecule has 0 radical (unpaired) electrons. The highest BCUT2D eigenvalue weighted by atomic mass is 32.1. The van der Waals surface area contributed by atoms with E-state index < -0.39 is 0 Å². The van der Waals surface area contributed by atoms with Crippen LogP contribution in [0.1, 0.15) is 19.8 Å². The minimum absolute atomic E-state index is 0.0164. The zero-order valence-corrected chi connectivity index (χ0v) is 9.06. The van der Waals surface area contributed by atoms with Gasteiger partial charge in [-0.1, -0.05) is 11.3 Å². The summed E-state index contributed by atoms with van der Waals surface area (Å²) in [7, 11) is 0. The molecule has 14 heavy (non-hydrogen) atoms. The van der Waals surface area contributed by atoms with Crippen molar-refractivity contribution in [1.29, 1.82) is 0 Å². The molecular weight excluding hydrogens is 198 g/mol. The van der Waals surface area contributed by atoms with Crippen molar-refractivity contribution < 1.29 is 4.74 Å². The Hall–Kier alpha value is -0.810. The SMILES string of the molecule is CC1(Nc2ncc(N)s2)CCCOC1. The van der Waals surface area contributed by atoms with Gasteiger partial charge in [0.25, 0.3) is 0 Å². The number of nitrogens with two attached hydrogens (primary N) is 1. The van der Waals surface area contributed by atoms with Crippen molar-refractivity contribution >= 4 is 21.5 Å². The fourth-order valence-electron chi connectivity index (χ4n) is 1.64. The number of nitrogens with zero attached hydrogens (tertiary/aromatic N) is 1. The maximum atomic E-state index is 5.61. The van der Waals surface area contributed by atoms with E-state index >= 15 is 0 Å². The molecule has 78 valence electrons. The van der Waals surface area contributed by atoms with Gasteiger partial charge in [0.05, 0.1) is 18.3 Å². The van der Waals surface area contributed by atoms with Crippen molar-refractivity contribution in [3.05, 3.63) is 6.20 Å². The van der Waals surface area contributed by atoms with Crippen LogP contribution in [0.25, 0.3) is 0 Å². The molecule has 1 saturated heterocycles. The Labute approximate surface area is 87.5 Å². The standard InChI is InChI=1S/C9H15N3OS/c1-9(3-2-4-13-6-9)12-8-11-5-7(10)14-8/h5H,2-4,6,10H2,1H3,(H,11,12). The molecule has 2 rings (SSSR count). The number of aromatic nitrogens is 1. The number of ether oxygens (including phenoxy) is 1. The average molecular weight is 213 g/mol. The fraction of sp³-hybridized carbons (Fsp3) is 0.667. The molecule has 2 heterocycles. The molecule has 4 nitrogen and oxygen atoms in total. The van der Waals surface area contributed by atoms with Crippen molar-refractivity contribution in [1.82, 2.24) is 4.98 Å². The largest absolute Gasteiger partial charge is 0.389 e. The van der Waals surface area contributed by atoms with Crippen LogP contribution in [0.15, 0.2) is 6.20 Å². The number of hydrogen-bond donors (Lipinski definition) is 2. The lowest BCUT2D eigenvalue weighted by Crippen LogP contribution is -2.42. The Kier molecular flexibility index (Phi) is 2.60. The number of hydrogen-bond acceptors (Lipinski definition) is 5. The first-order valence-electron chi connectivity index (χ1n) is 4.75. The van der Waals surface area contributed by atoms with Gasteiger partial charge in [-0.05, 0) is 19.8 Å². The third kappa shape index (κ3) is 2.16. The zero-order chi connectivity index (χ0) is 10.0. The normalized spacial score (nSPS) is 27.5. The summed E-state index contributed by atoms with van der Waals surface area (Å²) in [5, 5.41) is 5.01. The summed E-state index contributed by atoms with van der Waals surface area (Å²) in [4.78, 5) is 4.18. The molecular formula is C9H15N3OS. The highest BCUT2D eigenvalue weighted by Crippen LogP contribution is 2.27. The predicted octanol–water partition coefficient (Wildman–Crippen LogP) is 1.71. The van der Waals surface area contributed by atoms with Crippen LogP contribution < -0.4 is 11.1 Å². The third-order valence-corrected chi connectivity index (χ3v) is 3.11. The van der Waals surface area contributed by atoms with E-state index in [1.54, 1.807) is 6.20 Å². The van der Waals surface area contributed by atoms with Crippen molar-refractivity contribution in [2.24, 2.45) is 0 Å². The van der Waals surface area contributed by atoms with E-state index in [0.717, 1.165) is 36.2 Å². The lowest BCUT2D eigenvalue weighted by molar-refractivity contribution is 0.0540. The van der Waals surface area contributed by atoms with E-state index in [0.29, 0.717) is 0 Å². The lowest BCUT2D eigenvalue weighted by Gasteiger charge is -2.34. The van der Waals surface area contributed by atoms with Gasteiger partial charge in [0, 0.05) is 6.61 Å². The fourth-order valence-corrected chi connectivity index (χ4v) is 2.37. The van der Waals surface area contributed by atoms with Gasteiger partial charge in [-0.2, -0.15) is 0 Å². The Morgan fingerprint density at radius 3 is 3.14 bits per heavy atom. The van der Waals surface area contributed by atoms with Crippen LogP contribution in [0, 0.1) is 0 Å². The summed E-state index contributed by atoms with van der Waals surface area (Å²) in [5.74, 6) is 0. The van der Waals surface area contributed by atoms with Crippen LogP contribution in [0.3, 0.4) is 0 Å². The van der Waals surface area contributed by atoms with Crippen molar-refractivity contribution in [3.63, 3.8) is 0 Å². The summed E-state index contributed by atoms with van der Waals surface area (Å²) >= 11 is 1.48. The number of thiazole rings is 1. The minimum atomic E-state index is 0.0164. The molecule has 0 spiro atoms. The first-order valence-corrected chi connectivity index (χ1v) is 5.57. The highest BCUT2D eigenvalue weighted by molar-refractivity contribution is 7.19. The molecule has 1 aromatic heterocycles. The monoisotopic (exact) mass is 213 g/mol. The van der Waals surface area contributed by atoms with Crippen molar-refractivity contribution in [3.8, 4) is 0 Å². The number of nitrogen functional groups attached to an aromatic ring is 1. The predicted molar refractivity (Wildman–Crippen MR) is 58.6 cm³/mol. The molecule has 0 saturated carbocycles. The first kappa shape index (κ1) is 9.73. The van der Waals surface area contributed by atoms with Crippen LogP contribution in [0.5, 0.6) is 0 Å². The number of rotatable bonds is 2. The third-order valence-electron chi connectivity index (χ3n) is 2.37. The molecule has 1 fully saturated rings. The molecule has 1 unspecified atom stereocenters. The van der Waals surface area contributed by atoms with Crippen molar-refractivity contribution in [2.75, 3.05) is 24.3 Å². The average Bonchev–Trinajstić information content (AvgIpc) is 2.51. The van der Waals surface area contributed by atoms with Gasteiger partial charge >= 0.3 is 0 Å². The van der Waals surface area contributed by atoms with E-state index in [1.807, 2.05) is 0 Å². The Bertz CT molecular complexity index is 307. The topological polar surface area (TPSA) is 60.2 Å². The second kappa shape index (κ2) is 3.74. The molecule has 0 bridgehead atoms. The summed E-state index contributed by atoms with van der Waals surface area (Å²) < 4.78 is 5.45. The quantitative estimate of drug-likeness (QED) is 0.785. The highest BCUT2D eigenvalue weighted by Gasteiger charge is 2.28. The van der Waals surface area contributed by atoms with Gasteiger partial charge in [0.2, 0.25) is 0 Å². The van der Waals surface area contributed by atoms with Crippen LogP contribution in [0.4, 0.5) is 10.1 Å². The van der Waals surface area contributed by atoms with Gasteiger partial charge in [0.15, 0.2) is 5.13 Å². The Morgan fingerprint density at radius 1 is 1.71 bits per heavy atom. The van der Waals surface area contributed by atoms with E-state index in [-0.39, 0.29) is 5.54 Å². The van der Waals surface area contributed by atoms with E-state index in [1.165, 1.54) is 11.3 Å². The van der Waals surface area contributed by atoms with Crippen LogP contribution in [0.2, 0.25) is 0 Å². The van der Waals surface area contributed by atoms with Crippen LogP contribution in [-0.2, 0) is 4.74 Å². The van der Waals surface area contributed by atoms with Crippen LogP contribution >= 0.6 is 11.3 Å². The van der Waals surface area contributed by atoms with Gasteiger partial charge in [-0.15, -0.1) is 0 Å². The summed E-state index contributed by atoms with van der Waals surface area (Å²) in [6, 6.07) is 0. The van der Waals surface area contributed by atoms with Crippen molar-refractivity contribution in [2.45, 2.75) is 25.3 Å². The number of anilines is 2. The van der Waals surface area contributed by atoms with Crippen LogP contribution in [-0.4, -0.2) is 23.7 Å². The minimum Gasteiger partial charge on any atom is -0.389 e. The van der Waals surface area contributed by atoms with Gasteiger partial charge in [-0.25, -0.2) is 4.98 Å². The summed E-state index contributed by atoms with van der Waals surface area (Å²) in [5.41, 5.74) is 5.63. The first-order chi connectivity index (χ1) is 6.68. The molecule has 5 heteroatoms. The molecule has 0 aromatic carbocycles. The summed E-state index contributed by atoms with van der Waals surface area (Å²) in [6.07, 6.45) is 3.90. The lowest BCUT2D eigenvalue weighted by atomic mass is 9.95. The molecule has 0 aliphatic carbocycles. The Morgan fingerprint density at radius 2 is 2.57 bits per heavy atom.